The number of aryl methyl sites for hydroxylation is 1. The highest BCUT2D eigenvalue weighted by atomic mass is 16.5. The first-order chi connectivity index (χ1) is 9.93. The fraction of sp³-hybridized carbons (Fsp3) is 0.500. The van der Waals surface area contributed by atoms with Crippen molar-refractivity contribution in [2.24, 2.45) is 0 Å². The van der Waals surface area contributed by atoms with E-state index in [9.17, 15) is 9.59 Å². The van der Waals surface area contributed by atoms with Crippen molar-refractivity contribution < 1.29 is 14.3 Å². The maximum atomic E-state index is 12.7. The summed E-state index contributed by atoms with van der Waals surface area (Å²) in [5.74, 6) is 0.447. The summed E-state index contributed by atoms with van der Waals surface area (Å²) in [4.78, 5) is 28.4. The first-order valence-corrected chi connectivity index (χ1v) is 7.11. The molecule has 21 heavy (non-hydrogen) atoms. The molecule has 2 rings (SSSR count). The Kier molecular flexibility index (Phi) is 4.63. The van der Waals surface area contributed by atoms with Crippen molar-refractivity contribution in [2.45, 2.75) is 13.8 Å². The lowest BCUT2D eigenvalue weighted by molar-refractivity contribution is 0.0660. The highest BCUT2D eigenvalue weighted by Crippen LogP contribution is 2.27. The molecule has 0 unspecified atom stereocenters. The molecule has 0 radical (unpaired) electrons. The van der Waals surface area contributed by atoms with Gasteiger partial charge in [-0.3, -0.25) is 9.59 Å². The first kappa shape index (κ1) is 15.5. The third-order valence-corrected chi connectivity index (χ3v) is 3.91. The van der Waals surface area contributed by atoms with Gasteiger partial charge in [0.1, 0.15) is 5.75 Å². The van der Waals surface area contributed by atoms with Gasteiger partial charge in [0.2, 0.25) is 0 Å². The molecule has 0 N–H and O–H groups in total. The molecule has 1 saturated heterocycles. The van der Waals surface area contributed by atoms with Gasteiger partial charge in [-0.1, -0.05) is 0 Å². The van der Waals surface area contributed by atoms with Crippen LogP contribution in [0.4, 0.5) is 0 Å². The van der Waals surface area contributed by atoms with Crippen molar-refractivity contribution in [1.82, 2.24) is 9.80 Å². The quantitative estimate of drug-likeness (QED) is 0.793. The number of amides is 1. The molecule has 1 heterocycles. The number of methoxy groups -OCH3 is 1. The Hall–Kier alpha value is -1.88. The zero-order valence-corrected chi connectivity index (χ0v) is 13.1. The summed E-state index contributed by atoms with van der Waals surface area (Å²) in [5.41, 5.74) is 1.83. The second-order valence-corrected chi connectivity index (χ2v) is 5.53. The number of ether oxygens (including phenoxy) is 1. The van der Waals surface area contributed by atoms with Crippen LogP contribution in [0.2, 0.25) is 0 Å². The molecule has 5 heteroatoms. The molecule has 0 aliphatic carbocycles. The van der Waals surface area contributed by atoms with E-state index in [0.717, 1.165) is 18.7 Å². The minimum Gasteiger partial charge on any atom is -0.496 e. The maximum absolute atomic E-state index is 12.7. The second kappa shape index (κ2) is 6.26. The van der Waals surface area contributed by atoms with E-state index < -0.39 is 0 Å². The van der Waals surface area contributed by atoms with E-state index >= 15 is 0 Å². The average molecular weight is 290 g/mol. The fourth-order valence-corrected chi connectivity index (χ4v) is 2.59. The van der Waals surface area contributed by atoms with Crippen LogP contribution in [-0.4, -0.2) is 61.8 Å². The summed E-state index contributed by atoms with van der Waals surface area (Å²) in [5, 5.41) is 0. The SMILES string of the molecule is COc1c(C)cc(C(C)=O)cc1C(=O)N1CCN(C)CC1. The largest absolute Gasteiger partial charge is 0.496 e. The van der Waals surface area contributed by atoms with Gasteiger partial charge in [0, 0.05) is 31.7 Å². The topological polar surface area (TPSA) is 49.9 Å². The number of hydrogen-bond acceptors (Lipinski definition) is 4. The van der Waals surface area contributed by atoms with Crippen LogP contribution < -0.4 is 4.74 Å². The van der Waals surface area contributed by atoms with Crippen molar-refractivity contribution in [3.05, 3.63) is 28.8 Å². The second-order valence-electron chi connectivity index (χ2n) is 5.53. The van der Waals surface area contributed by atoms with Gasteiger partial charge < -0.3 is 14.5 Å². The zero-order valence-electron chi connectivity index (χ0n) is 13.1. The van der Waals surface area contributed by atoms with Crippen LogP contribution in [-0.2, 0) is 0 Å². The highest BCUT2D eigenvalue weighted by molar-refractivity contribution is 6.02. The summed E-state index contributed by atoms with van der Waals surface area (Å²) in [6, 6.07) is 3.41. The Bertz CT molecular complexity index is 561. The van der Waals surface area contributed by atoms with Crippen molar-refractivity contribution in [3.63, 3.8) is 0 Å². The molecule has 0 bridgehead atoms. The van der Waals surface area contributed by atoms with Crippen LogP contribution in [0.25, 0.3) is 0 Å². The van der Waals surface area contributed by atoms with Crippen LogP contribution in [0.15, 0.2) is 12.1 Å². The normalized spacial score (nSPS) is 15.9. The Morgan fingerprint density at radius 1 is 1.14 bits per heavy atom. The van der Waals surface area contributed by atoms with Crippen LogP contribution >= 0.6 is 0 Å². The number of hydrogen-bond donors (Lipinski definition) is 0. The number of likely N-dealkylation sites (N-methyl/N-ethyl adjacent to an activating group) is 1. The number of benzene rings is 1. The van der Waals surface area contributed by atoms with Gasteiger partial charge in [-0.05, 0) is 38.6 Å². The van der Waals surface area contributed by atoms with Crippen LogP contribution in [0, 0.1) is 6.92 Å². The highest BCUT2D eigenvalue weighted by Gasteiger charge is 2.24. The molecule has 1 aliphatic heterocycles. The van der Waals surface area contributed by atoms with E-state index in [4.69, 9.17) is 4.74 Å². The van der Waals surface area contributed by atoms with E-state index in [1.165, 1.54) is 6.92 Å². The molecule has 114 valence electrons. The van der Waals surface area contributed by atoms with Gasteiger partial charge in [0.15, 0.2) is 5.78 Å². The van der Waals surface area contributed by atoms with Crippen molar-refractivity contribution >= 4 is 11.7 Å². The lowest BCUT2D eigenvalue weighted by Crippen LogP contribution is -2.47. The molecular weight excluding hydrogens is 268 g/mol. The smallest absolute Gasteiger partial charge is 0.257 e. The van der Waals surface area contributed by atoms with Gasteiger partial charge in [0.25, 0.3) is 5.91 Å². The van der Waals surface area contributed by atoms with Crippen molar-refractivity contribution in [3.8, 4) is 5.75 Å². The number of piperazine rings is 1. The molecule has 0 spiro atoms. The minimum absolute atomic E-state index is 0.0480. The van der Waals surface area contributed by atoms with Crippen molar-refractivity contribution in [1.29, 1.82) is 0 Å². The average Bonchev–Trinajstić information content (AvgIpc) is 2.46. The predicted octanol–water partition coefficient (Wildman–Crippen LogP) is 1.59. The third-order valence-electron chi connectivity index (χ3n) is 3.91. The van der Waals surface area contributed by atoms with Crippen molar-refractivity contribution in [2.75, 3.05) is 40.3 Å². The lowest BCUT2D eigenvalue weighted by Gasteiger charge is -2.32. The molecular formula is C16H22N2O3. The Labute approximate surface area is 125 Å². The Morgan fingerprint density at radius 3 is 2.29 bits per heavy atom. The summed E-state index contributed by atoms with van der Waals surface area (Å²) >= 11 is 0. The zero-order chi connectivity index (χ0) is 15.6. The van der Waals surface area contributed by atoms with Crippen LogP contribution in [0.1, 0.15) is 33.2 Å². The first-order valence-electron chi connectivity index (χ1n) is 7.11. The Morgan fingerprint density at radius 2 is 1.76 bits per heavy atom. The molecule has 0 atom stereocenters. The van der Waals surface area contributed by atoms with Gasteiger partial charge in [-0.25, -0.2) is 0 Å². The molecule has 0 saturated carbocycles. The van der Waals surface area contributed by atoms with E-state index in [2.05, 4.69) is 4.90 Å². The molecule has 5 nitrogen and oxygen atoms in total. The lowest BCUT2D eigenvalue weighted by atomic mass is 10.0. The Balaban J connectivity index is 2.36. The van der Waals surface area contributed by atoms with Gasteiger partial charge >= 0.3 is 0 Å². The summed E-state index contributed by atoms with van der Waals surface area (Å²) < 4.78 is 5.37. The number of Topliss-reactive ketones (excluding diaryl/α,β-unsaturated/α-hetero) is 1. The number of nitrogens with zero attached hydrogens (tertiary/aromatic N) is 2. The molecule has 1 fully saturated rings. The monoisotopic (exact) mass is 290 g/mol. The van der Waals surface area contributed by atoms with E-state index in [0.29, 0.717) is 30.0 Å². The van der Waals surface area contributed by atoms with E-state index in [1.54, 1.807) is 19.2 Å². The summed E-state index contributed by atoms with van der Waals surface area (Å²) in [6.45, 7) is 6.47. The van der Waals surface area contributed by atoms with E-state index in [-0.39, 0.29) is 11.7 Å². The third kappa shape index (κ3) is 3.24. The molecule has 1 aliphatic rings. The molecule has 1 amide bonds. The van der Waals surface area contributed by atoms with Crippen LogP contribution in [0.3, 0.4) is 0 Å². The van der Waals surface area contributed by atoms with Gasteiger partial charge in [-0.2, -0.15) is 0 Å². The summed E-state index contributed by atoms with van der Waals surface area (Å²) in [6.07, 6.45) is 0. The fourth-order valence-electron chi connectivity index (χ4n) is 2.59. The van der Waals surface area contributed by atoms with E-state index in [1.807, 2.05) is 18.9 Å². The minimum atomic E-state index is -0.0637. The molecule has 1 aromatic rings. The molecule has 1 aromatic carbocycles. The maximum Gasteiger partial charge on any atom is 0.257 e. The summed E-state index contributed by atoms with van der Waals surface area (Å²) in [7, 11) is 3.60. The number of rotatable bonds is 3. The molecule has 0 aromatic heterocycles. The standard InChI is InChI=1S/C16H22N2O3/c1-11-9-13(12(2)19)10-14(15(11)21-4)16(20)18-7-5-17(3)6-8-18/h9-10H,5-8H2,1-4H3. The number of ketones is 1. The van der Waals surface area contributed by atoms with Crippen LogP contribution in [0.5, 0.6) is 5.75 Å². The van der Waals surface area contributed by atoms with Gasteiger partial charge in [0.05, 0.1) is 12.7 Å². The predicted molar refractivity (Wildman–Crippen MR) is 81.1 cm³/mol. The number of carbonyl (C=O) groups is 2. The number of carbonyl (C=O) groups excluding carboxylic acids is 2. The van der Waals surface area contributed by atoms with Gasteiger partial charge in [-0.15, -0.1) is 0 Å².